The quantitative estimate of drug-likeness (QED) is 0.646. The van der Waals surface area contributed by atoms with Crippen molar-refractivity contribution in [3.63, 3.8) is 0 Å². The van der Waals surface area contributed by atoms with Crippen molar-refractivity contribution in [1.29, 1.82) is 0 Å². The maximum Gasteiger partial charge on any atom is 0.120 e. The fourth-order valence-corrected chi connectivity index (χ4v) is 1.01. The van der Waals surface area contributed by atoms with E-state index in [0.29, 0.717) is 12.3 Å². The van der Waals surface area contributed by atoms with E-state index in [1.807, 2.05) is 19.1 Å². The molecule has 1 aromatic rings. The normalized spacial score (nSPS) is 12.8. The number of para-hydroxylation sites is 1. The van der Waals surface area contributed by atoms with Gasteiger partial charge in [-0.1, -0.05) is 18.2 Å². The van der Waals surface area contributed by atoms with Gasteiger partial charge in [-0.2, -0.15) is 0 Å². The summed E-state index contributed by atoms with van der Waals surface area (Å²) >= 11 is 0. The fraction of sp³-hybridized carbons (Fsp3) is 0.400. The number of phenolic OH excluding ortho intramolecular Hbond substituents is 1. The van der Waals surface area contributed by atoms with Gasteiger partial charge < -0.3 is 15.5 Å². The molecule has 0 amide bonds. The zero-order valence-corrected chi connectivity index (χ0v) is 7.70. The molecule has 0 aliphatic carbocycles. The highest BCUT2D eigenvalue weighted by Gasteiger charge is 2.01. The third kappa shape index (κ3) is 3.05. The topological polar surface area (TPSA) is 52.5 Å². The second-order valence-electron chi connectivity index (χ2n) is 3.09. The summed E-state index contributed by atoms with van der Waals surface area (Å²) in [5, 5.41) is 21.2. The van der Waals surface area contributed by atoms with E-state index in [1.165, 1.54) is 0 Å². The van der Waals surface area contributed by atoms with E-state index in [-0.39, 0.29) is 12.6 Å². The third-order valence-corrected chi connectivity index (χ3v) is 1.91. The first-order valence-electron chi connectivity index (χ1n) is 4.35. The Morgan fingerprint density at radius 3 is 2.69 bits per heavy atom. The summed E-state index contributed by atoms with van der Waals surface area (Å²) in [5.74, 6) is 0.292. The van der Waals surface area contributed by atoms with Gasteiger partial charge in [0.2, 0.25) is 0 Å². The van der Waals surface area contributed by atoms with E-state index in [9.17, 15) is 5.11 Å². The summed E-state index contributed by atoms with van der Waals surface area (Å²) in [5.41, 5.74) is 0.850. The first kappa shape index (κ1) is 10.0. The smallest absolute Gasteiger partial charge is 0.120 e. The molecule has 0 saturated heterocycles. The molecule has 3 heteroatoms. The molecule has 0 heterocycles. The summed E-state index contributed by atoms with van der Waals surface area (Å²) in [6.07, 6.45) is 0. The molecule has 0 fully saturated rings. The lowest BCUT2D eigenvalue weighted by Crippen LogP contribution is -2.28. The van der Waals surface area contributed by atoms with Gasteiger partial charge in [-0.25, -0.2) is 0 Å². The highest BCUT2D eigenvalue weighted by Crippen LogP contribution is 2.14. The number of aromatic hydroxyl groups is 1. The van der Waals surface area contributed by atoms with Crippen LogP contribution in [-0.4, -0.2) is 22.9 Å². The lowest BCUT2D eigenvalue weighted by Gasteiger charge is -2.11. The van der Waals surface area contributed by atoms with Gasteiger partial charge in [0.05, 0.1) is 6.61 Å². The van der Waals surface area contributed by atoms with Crippen LogP contribution in [0.4, 0.5) is 0 Å². The van der Waals surface area contributed by atoms with Crippen LogP contribution in [0.3, 0.4) is 0 Å². The van der Waals surface area contributed by atoms with E-state index in [0.717, 1.165) is 5.56 Å². The highest BCUT2D eigenvalue weighted by atomic mass is 16.3. The molecular formula is C10H15NO2. The summed E-state index contributed by atoms with van der Waals surface area (Å²) in [7, 11) is 0. The molecule has 0 bridgehead atoms. The van der Waals surface area contributed by atoms with Gasteiger partial charge >= 0.3 is 0 Å². The van der Waals surface area contributed by atoms with Crippen LogP contribution in [0.2, 0.25) is 0 Å². The Kier molecular flexibility index (Phi) is 3.73. The molecule has 0 saturated carbocycles. The molecule has 13 heavy (non-hydrogen) atoms. The standard InChI is InChI=1S/C10H15NO2/c1-8(7-12)11-6-9-4-2-3-5-10(9)13/h2-5,8,11-13H,6-7H2,1H3/t8-/m1/s1. The van der Waals surface area contributed by atoms with Crippen molar-refractivity contribution in [2.45, 2.75) is 19.5 Å². The minimum Gasteiger partial charge on any atom is -0.508 e. The molecule has 1 aromatic carbocycles. The second-order valence-corrected chi connectivity index (χ2v) is 3.09. The molecule has 3 N–H and O–H groups in total. The molecular weight excluding hydrogens is 166 g/mol. The second kappa shape index (κ2) is 4.84. The number of benzene rings is 1. The lowest BCUT2D eigenvalue weighted by molar-refractivity contribution is 0.250. The van der Waals surface area contributed by atoms with Gasteiger partial charge in [0.15, 0.2) is 0 Å². The zero-order valence-electron chi connectivity index (χ0n) is 7.70. The molecule has 0 radical (unpaired) electrons. The van der Waals surface area contributed by atoms with Gasteiger partial charge in [0.1, 0.15) is 5.75 Å². The highest BCUT2D eigenvalue weighted by molar-refractivity contribution is 5.31. The molecule has 0 unspecified atom stereocenters. The van der Waals surface area contributed by atoms with Crippen molar-refractivity contribution in [2.24, 2.45) is 0 Å². The van der Waals surface area contributed by atoms with Crippen LogP contribution < -0.4 is 5.32 Å². The molecule has 72 valence electrons. The number of hydrogen-bond acceptors (Lipinski definition) is 3. The van der Waals surface area contributed by atoms with Crippen LogP contribution in [0.1, 0.15) is 12.5 Å². The predicted octanol–water partition coefficient (Wildman–Crippen LogP) is 0.863. The summed E-state index contributed by atoms with van der Waals surface area (Å²) in [4.78, 5) is 0. The van der Waals surface area contributed by atoms with Crippen LogP contribution >= 0.6 is 0 Å². The van der Waals surface area contributed by atoms with Crippen LogP contribution in [0.25, 0.3) is 0 Å². The molecule has 0 spiro atoms. The lowest BCUT2D eigenvalue weighted by atomic mass is 10.2. The van der Waals surface area contributed by atoms with E-state index in [2.05, 4.69) is 5.32 Å². The van der Waals surface area contributed by atoms with Crippen molar-refractivity contribution >= 4 is 0 Å². The first-order valence-corrected chi connectivity index (χ1v) is 4.35. The number of rotatable bonds is 4. The Labute approximate surface area is 78.0 Å². The number of phenols is 1. The van der Waals surface area contributed by atoms with Gasteiger partial charge in [-0.15, -0.1) is 0 Å². The number of nitrogens with one attached hydrogen (secondary N) is 1. The Morgan fingerprint density at radius 2 is 2.08 bits per heavy atom. The molecule has 1 atom stereocenters. The number of hydrogen-bond donors (Lipinski definition) is 3. The molecule has 0 aliphatic rings. The van der Waals surface area contributed by atoms with Crippen molar-refractivity contribution in [2.75, 3.05) is 6.61 Å². The average molecular weight is 181 g/mol. The van der Waals surface area contributed by atoms with Crippen molar-refractivity contribution < 1.29 is 10.2 Å². The Morgan fingerprint density at radius 1 is 1.38 bits per heavy atom. The van der Waals surface area contributed by atoms with E-state index in [4.69, 9.17) is 5.11 Å². The van der Waals surface area contributed by atoms with E-state index >= 15 is 0 Å². The maximum atomic E-state index is 9.39. The Bertz CT molecular complexity index is 263. The van der Waals surface area contributed by atoms with Crippen LogP contribution in [-0.2, 0) is 6.54 Å². The van der Waals surface area contributed by atoms with Crippen molar-refractivity contribution in [3.8, 4) is 5.75 Å². The number of aliphatic hydroxyl groups excluding tert-OH is 1. The molecule has 1 rings (SSSR count). The fourth-order valence-electron chi connectivity index (χ4n) is 1.01. The SMILES string of the molecule is C[C@H](CO)NCc1ccccc1O. The van der Waals surface area contributed by atoms with Crippen LogP contribution in [0.5, 0.6) is 5.75 Å². The van der Waals surface area contributed by atoms with Gasteiger partial charge in [0.25, 0.3) is 0 Å². The van der Waals surface area contributed by atoms with Gasteiger partial charge in [-0.3, -0.25) is 0 Å². The van der Waals surface area contributed by atoms with Crippen molar-refractivity contribution in [3.05, 3.63) is 29.8 Å². The summed E-state index contributed by atoms with van der Waals surface area (Å²) < 4.78 is 0. The van der Waals surface area contributed by atoms with Gasteiger partial charge in [0, 0.05) is 18.2 Å². The average Bonchev–Trinajstić information content (AvgIpc) is 2.16. The van der Waals surface area contributed by atoms with E-state index in [1.54, 1.807) is 12.1 Å². The van der Waals surface area contributed by atoms with Crippen molar-refractivity contribution in [1.82, 2.24) is 5.32 Å². The largest absolute Gasteiger partial charge is 0.508 e. The molecule has 0 aromatic heterocycles. The third-order valence-electron chi connectivity index (χ3n) is 1.91. The first-order chi connectivity index (χ1) is 6.24. The zero-order chi connectivity index (χ0) is 9.68. The Hall–Kier alpha value is -1.06. The summed E-state index contributed by atoms with van der Waals surface area (Å²) in [6.45, 7) is 2.57. The molecule has 3 nitrogen and oxygen atoms in total. The van der Waals surface area contributed by atoms with Gasteiger partial charge in [-0.05, 0) is 13.0 Å². The number of aliphatic hydroxyl groups is 1. The monoisotopic (exact) mass is 181 g/mol. The van der Waals surface area contributed by atoms with Crippen LogP contribution in [0, 0.1) is 0 Å². The minimum atomic E-state index is 0.0552. The molecule has 0 aliphatic heterocycles. The predicted molar refractivity (Wildman–Crippen MR) is 51.5 cm³/mol. The summed E-state index contributed by atoms with van der Waals surface area (Å²) in [6, 6.07) is 7.22. The van der Waals surface area contributed by atoms with E-state index < -0.39 is 0 Å². The maximum absolute atomic E-state index is 9.39. The van der Waals surface area contributed by atoms with Crippen LogP contribution in [0.15, 0.2) is 24.3 Å². The minimum absolute atomic E-state index is 0.0552. The Balaban J connectivity index is 2.50.